The number of hydrogen-bond donors (Lipinski definition) is 2. The normalized spacial score (nSPS) is 14.3. The maximum absolute atomic E-state index is 13.0. The molecule has 1 atom stereocenters. The zero-order chi connectivity index (χ0) is 15.6. The maximum atomic E-state index is 13.0. The van der Waals surface area contributed by atoms with Crippen LogP contribution in [-0.2, 0) is 10.0 Å². The first kappa shape index (κ1) is 17.0. The Hall–Kier alpha value is -1.05. The number of hydrogen-bond acceptors (Lipinski definition) is 3. The quantitative estimate of drug-likeness (QED) is 0.875. The van der Waals surface area contributed by atoms with E-state index in [0.717, 1.165) is 12.1 Å². The molecule has 7 heteroatoms. The second-order valence-corrected chi connectivity index (χ2v) is 7.41. The predicted octanol–water partition coefficient (Wildman–Crippen LogP) is 2.04. The molecular formula is C13H19F2NO3S. The van der Waals surface area contributed by atoms with Crippen molar-refractivity contribution in [2.24, 2.45) is 5.41 Å². The lowest BCUT2D eigenvalue weighted by molar-refractivity contribution is 0.0571. The fourth-order valence-corrected chi connectivity index (χ4v) is 2.55. The van der Waals surface area contributed by atoms with Crippen LogP contribution in [0.3, 0.4) is 0 Å². The molecule has 0 heterocycles. The minimum absolute atomic E-state index is 0.0137. The number of benzene rings is 1. The number of sulfonamides is 1. The van der Waals surface area contributed by atoms with E-state index >= 15 is 0 Å². The molecule has 114 valence electrons. The van der Waals surface area contributed by atoms with Crippen LogP contribution in [0.25, 0.3) is 0 Å². The molecule has 0 aliphatic rings. The van der Waals surface area contributed by atoms with E-state index < -0.39 is 27.8 Å². The molecule has 1 aromatic rings. The lowest BCUT2D eigenvalue weighted by Crippen LogP contribution is -2.32. The smallest absolute Gasteiger partial charge is 0.240 e. The van der Waals surface area contributed by atoms with E-state index in [9.17, 15) is 22.3 Å². The van der Waals surface area contributed by atoms with Crippen LogP contribution in [0.15, 0.2) is 23.1 Å². The first-order valence-corrected chi connectivity index (χ1v) is 7.65. The van der Waals surface area contributed by atoms with Crippen LogP contribution in [0.1, 0.15) is 27.2 Å². The highest BCUT2D eigenvalue weighted by Gasteiger charge is 2.23. The van der Waals surface area contributed by atoms with E-state index in [4.69, 9.17) is 0 Å². The zero-order valence-corrected chi connectivity index (χ0v) is 12.5. The molecule has 20 heavy (non-hydrogen) atoms. The van der Waals surface area contributed by atoms with E-state index in [1.165, 1.54) is 0 Å². The highest BCUT2D eigenvalue weighted by Crippen LogP contribution is 2.21. The zero-order valence-electron chi connectivity index (χ0n) is 11.7. The summed E-state index contributed by atoms with van der Waals surface area (Å²) < 4.78 is 51.7. The maximum Gasteiger partial charge on any atom is 0.240 e. The van der Waals surface area contributed by atoms with Gasteiger partial charge in [-0.15, -0.1) is 0 Å². The SMILES string of the molecule is CC(C)(C)C(O)CCNS(=O)(=O)c1ccc(F)c(F)c1. The van der Waals surface area contributed by atoms with Gasteiger partial charge >= 0.3 is 0 Å². The topological polar surface area (TPSA) is 66.4 Å². The van der Waals surface area contributed by atoms with Crippen molar-refractivity contribution >= 4 is 10.0 Å². The highest BCUT2D eigenvalue weighted by molar-refractivity contribution is 7.89. The summed E-state index contributed by atoms with van der Waals surface area (Å²) in [7, 11) is -3.91. The second-order valence-electron chi connectivity index (χ2n) is 5.64. The third-order valence-corrected chi connectivity index (χ3v) is 4.37. The van der Waals surface area contributed by atoms with Gasteiger partial charge in [-0.3, -0.25) is 0 Å². The summed E-state index contributed by atoms with van der Waals surface area (Å²) in [6.07, 6.45) is -0.443. The van der Waals surface area contributed by atoms with Gasteiger partial charge in [0.15, 0.2) is 11.6 Å². The molecule has 0 aromatic heterocycles. The van der Waals surface area contributed by atoms with Crippen molar-refractivity contribution in [2.75, 3.05) is 6.54 Å². The molecule has 2 N–H and O–H groups in total. The minimum atomic E-state index is -3.91. The summed E-state index contributed by atoms with van der Waals surface area (Å²) >= 11 is 0. The summed E-state index contributed by atoms with van der Waals surface area (Å²) in [5.41, 5.74) is -0.354. The third kappa shape index (κ3) is 4.50. The first-order chi connectivity index (χ1) is 9.04. The van der Waals surface area contributed by atoms with Gasteiger partial charge in [-0.2, -0.15) is 0 Å². The molecule has 0 saturated heterocycles. The summed E-state index contributed by atoms with van der Waals surface area (Å²) in [5.74, 6) is -2.32. The van der Waals surface area contributed by atoms with Crippen molar-refractivity contribution in [1.29, 1.82) is 0 Å². The summed E-state index contributed by atoms with van der Waals surface area (Å²) in [6.45, 7) is 5.52. The van der Waals surface area contributed by atoms with Gasteiger partial charge in [0.2, 0.25) is 10.0 Å². The molecule has 0 amide bonds. The Morgan fingerprint density at radius 2 is 1.85 bits per heavy atom. The number of nitrogens with one attached hydrogen (secondary N) is 1. The van der Waals surface area contributed by atoms with Crippen molar-refractivity contribution in [2.45, 2.75) is 38.2 Å². The molecule has 0 aliphatic carbocycles. The molecule has 0 spiro atoms. The molecule has 0 bridgehead atoms. The number of rotatable bonds is 5. The molecule has 1 aromatic carbocycles. The van der Waals surface area contributed by atoms with E-state index in [1.54, 1.807) is 0 Å². The van der Waals surface area contributed by atoms with Gasteiger partial charge in [0.1, 0.15) is 0 Å². The van der Waals surface area contributed by atoms with Gasteiger partial charge in [0.05, 0.1) is 11.0 Å². The fraction of sp³-hybridized carbons (Fsp3) is 0.538. The van der Waals surface area contributed by atoms with Crippen molar-refractivity contribution < 1.29 is 22.3 Å². The van der Waals surface area contributed by atoms with Gasteiger partial charge in [-0.1, -0.05) is 20.8 Å². The van der Waals surface area contributed by atoms with Crippen LogP contribution in [-0.4, -0.2) is 26.2 Å². The van der Waals surface area contributed by atoms with Crippen molar-refractivity contribution in [3.05, 3.63) is 29.8 Å². The molecule has 0 fully saturated rings. The highest BCUT2D eigenvalue weighted by atomic mass is 32.2. The summed E-state index contributed by atoms with van der Waals surface area (Å²) in [4.78, 5) is -0.346. The van der Waals surface area contributed by atoms with Crippen LogP contribution in [0.4, 0.5) is 8.78 Å². The van der Waals surface area contributed by atoms with Crippen LogP contribution in [0, 0.1) is 17.0 Å². The fourth-order valence-electron chi connectivity index (χ4n) is 1.49. The van der Waals surface area contributed by atoms with Crippen LogP contribution in [0.5, 0.6) is 0 Å². The molecule has 1 unspecified atom stereocenters. The predicted molar refractivity (Wildman–Crippen MR) is 71.6 cm³/mol. The Morgan fingerprint density at radius 3 is 2.35 bits per heavy atom. The van der Waals surface area contributed by atoms with Crippen LogP contribution >= 0.6 is 0 Å². The molecule has 0 aliphatic heterocycles. The molecule has 4 nitrogen and oxygen atoms in total. The number of aliphatic hydroxyl groups is 1. The lowest BCUT2D eigenvalue weighted by Gasteiger charge is -2.25. The van der Waals surface area contributed by atoms with Gasteiger partial charge in [-0.05, 0) is 30.0 Å². The molecular weight excluding hydrogens is 288 g/mol. The van der Waals surface area contributed by atoms with Gasteiger partial charge in [-0.25, -0.2) is 21.9 Å². The largest absolute Gasteiger partial charge is 0.393 e. The Bertz CT molecular complexity index is 567. The van der Waals surface area contributed by atoms with Crippen molar-refractivity contribution in [1.82, 2.24) is 4.72 Å². The van der Waals surface area contributed by atoms with Gasteiger partial charge < -0.3 is 5.11 Å². The third-order valence-electron chi connectivity index (χ3n) is 2.91. The van der Waals surface area contributed by atoms with Gasteiger partial charge in [0, 0.05) is 6.54 Å². The number of halogens is 2. The first-order valence-electron chi connectivity index (χ1n) is 6.17. The minimum Gasteiger partial charge on any atom is -0.393 e. The molecule has 0 saturated carbocycles. The second kappa shape index (κ2) is 6.15. The Balaban J connectivity index is 2.69. The Labute approximate surface area is 117 Å². The summed E-state index contributed by atoms with van der Waals surface area (Å²) in [5, 5.41) is 9.79. The van der Waals surface area contributed by atoms with Crippen LogP contribution < -0.4 is 4.72 Å². The monoisotopic (exact) mass is 307 g/mol. The standard InChI is InChI=1S/C13H19F2NO3S/c1-13(2,3)12(17)6-7-16-20(18,19)9-4-5-10(14)11(15)8-9/h4-5,8,12,16-17H,6-7H2,1-3H3. The summed E-state index contributed by atoms with van der Waals surface area (Å²) in [6, 6.07) is 2.37. The van der Waals surface area contributed by atoms with E-state index in [-0.39, 0.29) is 23.3 Å². The van der Waals surface area contributed by atoms with E-state index in [2.05, 4.69) is 4.72 Å². The Kier molecular flexibility index (Phi) is 5.23. The Morgan fingerprint density at radius 1 is 1.25 bits per heavy atom. The lowest BCUT2D eigenvalue weighted by atomic mass is 9.87. The van der Waals surface area contributed by atoms with E-state index in [0.29, 0.717) is 6.07 Å². The molecule has 1 rings (SSSR count). The van der Waals surface area contributed by atoms with Gasteiger partial charge in [0.25, 0.3) is 0 Å². The average molecular weight is 307 g/mol. The van der Waals surface area contributed by atoms with Crippen LogP contribution in [0.2, 0.25) is 0 Å². The van der Waals surface area contributed by atoms with E-state index in [1.807, 2.05) is 20.8 Å². The molecule has 0 radical (unpaired) electrons. The average Bonchev–Trinajstić information content (AvgIpc) is 2.31. The van der Waals surface area contributed by atoms with Crippen molar-refractivity contribution in [3.8, 4) is 0 Å². The number of aliphatic hydroxyl groups excluding tert-OH is 1. The van der Waals surface area contributed by atoms with Crippen molar-refractivity contribution in [3.63, 3.8) is 0 Å².